The number of likely N-dealkylation sites (tertiary alicyclic amines) is 1. The Labute approximate surface area is 121 Å². The minimum absolute atomic E-state index is 0.0414. The van der Waals surface area contributed by atoms with Crippen molar-refractivity contribution in [3.63, 3.8) is 0 Å². The highest BCUT2D eigenvalue weighted by atomic mass is 35.7. The zero-order valence-corrected chi connectivity index (χ0v) is 12.4. The van der Waals surface area contributed by atoms with Gasteiger partial charge in [-0.15, -0.1) is 0 Å². The molecule has 7 heteroatoms. The molecule has 0 bridgehead atoms. The maximum Gasteiger partial charge on any atom is 0.232 e. The number of carbonyl (C=O) groups is 1. The number of nitrogens with zero attached hydrogens (tertiary/aromatic N) is 1. The van der Waals surface area contributed by atoms with Crippen molar-refractivity contribution >= 4 is 37.2 Å². The van der Waals surface area contributed by atoms with E-state index in [0.717, 1.165) is 5.56 Å². The van der Waals surface area contributed by atoms with Gasteiger partial charge in [-0.1, -0.05) is 23.7 Å². The van der Waals surface area contributed by atoms with Crippen LogP contribution in [0.3, 0.4) is 0 Å². The van der Waals surface area contributed by atoms with Gasteiger partial charge in [-0.05, 0) is 17.7 Å². The SMILES string of the molecule is O=C1CC(CS(=O)(=O)Cl)CN1Cc1ccc(Cl)cc1. The summed E-state index contributed by atoms with van der Waals surface area (Å²) in [6.45, 7) is 0.891. The van der Waals surface area contributed by atoms with E-state index >= 15 is 0 Å². The van der Waals surface area contributed by atoms with Gasteiger partial charge < -0.3 is 4.90 Å². The molecule has 1 atom stereocenters. The van der Waals surface area contributed by atoms with Crippen molar-refractivity contribution in [1.82, 2.24) is 4.90 Å². The van der Waals surface area contributed by atoms with Crippen molar-refractivity contribution in [3.05, 3.63) is 34.9 Å². The fourth-order valence-electron chi connectivity index (χ4n) is 2.21. The van der Waals surface area contributed by atoms with Gasteiger partial charge in [0.1, 0.15) is 0 Å². The minimum Gasteiger partial charge on any atom is -0.338 e. The van der Waals surface area contributed by atoms with E-state index in [0.29, 0.717) is 18.1 Å². The van der Waals surface area contributed by atoms with Crippen molar-refractivity contribution in [2.45, 2.75) is 13.0 Å². The molecule has 2 rings (SSSR count). The molecule has 1 aromatic carbocycles. The van der Waals surface area contributed by atoms with E-state index in [9.17, 15) is 13.2 Å². The second-order valence-corrected chi connectivity index (χ2v) is 7.93. The summed E-state index contributed by atoms with van der Waals surface area (Å²) in [5.74, 6) is -0.417. The Bertz CT molecular complexity index is 571. The molecule has 1 heterocycles. The largest absolute Gasteiger partial charge is 0.338 e. The molecule has 0 N–H and O–H groups in total. The summed E-state index contributed by atoms with van der Waals surface area (Å²) >= 11 is 5.79. The van der Waals surface area contributed by atoms with Crippen LogP contribution in [-0.2, 0) is 20.4 Å². The maximum atomic E-state index is 11.8. The van der Waals surface area contributed by atoms with Crippen molar-refractivity contribution in [3.8, 4) is 0 Å². The van der Waals surface area contributed by atoms with Crippen LogP contribution in [0.1, 0.15) is 12.0 Å². The van der Waals surface area contributed by atoms with Crippen LogP contribution in [0.15, 0.2) is 24.3 Å². The highest BCUT2D eigenvalue weighted by Gasteiger charge is 2.32. The lowest BCUT2D eigenvalue weighted by atomic mass is 10.1. The number of benzene rings is 1. The van der Waals surface area contributed by atoms with E-state index < -0.39 is 9.05 Å². The third kappa shape index (κ3) is 4.37. The number of hydrogen-bond acceptors (Lipinski definition) is 3. The summed E-state index contributed by atoms with van der Waals surface area (Å²) in [6, 6.07) is 7.22. The average Bonchev–Trinajstić information content (AvgIpc) is 2.60. The Morgan fingerprint density at radius 1 is 1.26 bits per heavy atom. The number of amides is 1. The highest BCUT2D eigenvalue weighted by Crippen LogP contribution is 2.23. The third-order valence-electron chi connectivity index (χ3n) is 3.02. The lowest BCUT2D eigenvalue weighted by molar-refractivity contribution is -0.128. The maximum absolute atomic E-state index is 11.8. The summed E-state index contributed by atoms with van der Waals surface area (Å²) in [4.78, 5) is 13.5. The smallest absolute Gasteiger partial charge is 0.232 e. The normalized spacial score (nSPS) is 20.0. The second-order valence-electron chi connectivity index (χ2n) is 4.68. The molecule has 0 spiro atoms. The third-order valence-corrected chi connectivity index (χ3v) is 4.52. The molecule has 4 nitrogen and oxygen atoms in total. The first-order chi connectivity index (χ1) is 8.83. The van der Waals surface area contributed by atoms with E-state index in [1.165, 1.54) is 0 Å². The van der Waals surface area contributed by atoms with E-state index in [4.69, 9.17) is 22.3 Å². The lowest BCUT2D eigenvalue weighted by Crippen LogP contribution is -2.25. The van der Waals surface area contributed by atoms with Crippen molar-refractivity contribution < 1.29 is 13.2 Å². The zero-order valence-electron chi connectivity index (χ0n) is 10.1. The molecule has 1 saturated heterocycles. The predicted molar refractivity (Wildman–Crippen MR) is 74.6 cm³/mol. The summed E-state index contributed by atoms with van der Waals surface area (Å²) in [7, 11) is 1.66. The topological polar surface area (TPSA) is 54.5 Å². The molecule has 0 saturated carbocycles. The van der Waals surface area contributed by atoms with Crippen LogP contribution in [0.4, 0.5) is 0 Å². The molecule has 0 radical (unpaired) electrons. The Balaban J connectivity index is 1.98. The van der Waals surface area contributed by atoms with Gasteiger partial charge in [-0.25, -0.2) is 8.42 Å². The van der Waals surface area contributed by atoms with Gasteiger partial charge in [0.15, 0.2) is 0 Å². The minimum atomic E-state index is -3.56. The van der Waals surface area contributed by atoms with Gasteiger partial charge in [0, 0.05) is 41.1 Å². The van der Waals surface area contributed by atoms with Crippen LogP contribution in [0.5, 0.6) is 0 Å². The molecule has 1 unspecified atom stereocenters. The Morgan fingerprint density at radius 3 is 2.47 bits per heavy atom. The molecular formula is C12H13Cl2NO3S. The summed E-state index contributed by atoms with van der Waals surface area (Å²) in [5.41, 5.74) is 0.965. The number of rotatable bonds is 4. The van der Waals surface area contributed by atoms with Crippen LogP contribution < -0.4 is 0 Å². The van der Waals surface area contributed by atoms with E-state index in [-0.39, 0.29) is 24.0 Å². The summed E-state index contributed by atoms with van der Waals surface area (Å²) in [6.07, 6.45) is 0.236. The predicted octanol–water partition coefficient (Wildman–Crippen LogP) is 2.26. The van der Waals surface area contributed by atoms with Crippen molar-refractivity contribution in [1.29, 1.82) is 0 Å². The fraction of sp³-hybridized carbons (Fsp3) is 0.417. The van der Waals surface area contributed by atoms with E-state index in [1.807, 2.05) is 12.1 Å². The number of hydrogen-bond donors (Lipinski definition) is 0. The lowest BCUT2D eigenvalue weighted by Gasteiger charge is -2.16. The van der Waals surface area contributed by atoms with Gasteiger partial charge in [-0.3, -0.25) is 4.79 Å². The van der Waals surface area contributed by atoms with Crippen LogP contribution in [0, 0.1) is 5.92 Å². The van der Waals surface area contributed by atoms with Crippen LogP contribution in [-0.4, -0.2) is 31.5 Å². The Morgan fingerprint density at radius 2 is 1.89 bits per heavy atom. The molecule has 0 aliphatic carbocycles. The molecule has 1 amide bonds. The molecule has 1 aromatic rings. The van der Waals surface area contributed by atoms with Crippen molar-refractivity contribution in [2.75, 3.05) is 12.3 Å². The highest BCUT2D eigenvalue weighted by molar-refractivity contribution is 8.13. The second kappa shape index (κ2) is 5.69. The molecule has 1 aliphatic rings. The molecule has 1 fully saturated rings. The first kappa shape index (κ1) is 14.6. The van der Waals surface area contributed by atoms with Gasteiger partial charge >= 0.3 is 0 Å². The number of carbonyl (C=O) groups excluding carboxylic acids is 1. The first-order valence-corrected chi connectivity index (χ1v) is 8.64. The Hall–Kier alpha value is -0.780. The Kier molecular flexibility index (Phi) is 4.38. The van der Waals surface area contributed by atoms with Gasteiger partial charge in [0.05, 0.1) is 5.75 Å². The molecule has 104 valence electrons. The number of halogens is 2. The van der Waals surface area contributed by atoms with E-state index in [2.05, 4.69) is 0 Å². The van der Waals surface area contributed by atoms with Crippen LogP contribution >= 0.6 is 22.3 Å². The van der Waals surface area contributed by atoms with Crippen LogP contribution in [0.2, 0.25) is 5.02 Å². The quantitative estimate of drug-likeness (QED) is 0.799. The van der Waals surface area contributed by atoms with E-state index in [1.54, 1.807) is 17.0 Å². The first-order valence-electron chi connectivity index (χ1n) is 5.78. The van der Waals surface area contributed by atoms with Gasteiger partial charge in [0.25, 0.3) is 0 Å². The molecule has 19 heavy (non-hydrogen) atoms. The van der Waals surface area contributed by atoms with Gasteiger partial charge in [0.2, 0.25) is 15.0 Å². The monoisotopic (exact) mass is 321 g/mol. The summed E-state index contributed by atoms with van der Waals surface area (Å²) < 4.78 is 22.0. The molecular weight excluding hydrogens is 309 g/mol. The standard InChI is InChI=1S/C12H13Cl2NO3S/c13-11-3-1-9(2-4-11)6-15-7-10(5-12(15)16)8-19(14,17)18/h1-4,10H,5-8H2. The molecule has 0 aromatic heterocycles. The molecule has 1 aliphatic heterocycles. The summed E-state index contributed by atoms with van der Waals surface area (Å²) in [5, 5.41) is 0.641. The fourth-order valence-corrected chi connectivity index (χ4v) is 3.66. The van der Waals surface area contributed by atoms with Crippen molar-refractivity contribution in [2.24, 2.45) is 5.92 Å². The van der Waals surface area contributed by atoms with Crippen LogP contribution in [0.25, 0.3) is 0 Å². The van der Waals surface area contributed by atoms with Gasteiger partial charge in [-0.2, -0.15) is 0 Å². The average molecular weight is 322 g/mol. The zero-order chi connectivity index (χ0) is 14.0.